The summed E-state index contributed by atoms with van der Waals surface area (Å²) in [6.45, 7) is 0.375. The molecule has 0 fully saturated rings. The van der Waals surface area contributed by atoms with E-state index in [-0.39, 0.29) is 0 Å². The second kappa shape index (κ2) is 6.91. The van der Waals surface area contributed by atoms with E-state index in [2.05, 4.69) is 22.4 Å². The SMILES string of the molecule is Nc1nc(CCc2ccc(CCNC(=O)[O-])cc2)cs1. The van der Waals surface area contributed by atoms with Crippen LogP contribution in [0.1, 0.15) is 16.8 Å². The Bertz CT molecular complexity index is 566. The number of carbonyl (C=O) groups excluding carboxylic acids is 1. The van der Waals surface area contributed by atoms with Gasteiger partial charge in [-0.05, 0) is 30.4 Å². The minimum absolute atomic E-state index is 0.375. The van der Waals surface area contributed by atoms with Crippen LogP contribution in [0.3, 0.4) is 0 Å². The van der Waals surface area contributed by atoms with E-state index >= 15 is 0 Å². The number of rotatable bonds is 6. The van der Waals surface area contributed by atoms with Crippen LogP contribution in [0.4, 0.5) is 9.93 Å². The van der Waals surface area contributed by atoms with Crippen molar-refractivity contribution in [1.29, 1.82) is 0 Å². The molecule has 20 heavy (non-hydrogen) atoms. The van der Waals surface area contributed by atoms with Gasteiger partial charge in [0.25, 0.3) is 0 Å². The number of hydrogen-bond acceptors (Lipinski definition) is 5. The highest BCUT2D eigenvalue weighted by atomic mass is 32.1. The van der Waals surface area contributed by atoms with Crippen molar-refractivity contribution < 1.29 is 9.90 Å². The predicted octanol–water partition coefficient (Wildman–Crippen LogP) is 0.986. The highest BCUT2D eigenvalue weighted by Crippen LogP contribution is 2.14. The van der Waals surface area contributed by atoms with Gasteiger partial charge in [-0.25, -0.2) is 4.98 Å². The number of amides is 1. The molecule has 0 atom stereocenters. The van der Waals surface area contributed by atoms with Crippen molar-refractivity contribution in [2.75, 3.05) is 12.3 Å². The third-order valence-corrected chi connectivity index (χ3v) is 3.67. The number of nitrogens with zero attached hydrogens (tertiary/aromatic N) is 1. The lowest BCUT2D eigenvalue weighted by molar-refractivity contribution is -0.250. The van der Waals surface area contributed by atoms with E-state index in [1.807, 2.05) is 17.5 Å². The summed E-state index contributed by atoms with van der Waals surface area (Å²) in [6, 6.07) is 8.15. The van der Waals surface area contributed by atoms with Crippen molar-refractivity contribution in [1.82, 2.24) is 10.3 Å². The average Bonchev–Trinajstić information content (AvgIpc) is 2.83. The van der Waals surface area contributed by atoms with E-state index in [1.165, 1.54) is 16.9 Å². The maximum Gasteiger partial charge on any atom is 0.180 e. The van der Waals surface area contributed by atoms with Gasteiger partial charge in [0.1, 0.15) is 6.09 Å². The van der Waals surface area contributed by atoms with Gasteiger partial charge in [0.2, 0.25) is 0 Å². The molecule has 0 aliphatic rings. The van der Waals surface area contributed by atoms with E-state index in [4.69, 9.17) is 5.73 Å². The third kappa shape index (κ3) is 4.55. The summed E-state index contributed by atoms with van der Waals surface area (Å²) in [7, 11) is 0. The molecule has 0 bridgehead atoms. The molecule has 1 amide bonds. The number of nitrogen functional groups attached to an aromatic ring is 1. The molecule has 1 aromatic carbocycles. The van der Waals surface area contributed by atoms with Crippen LogP contribution in [0, 0.1) is 0 Å². The Morgan fingerprint density at radius 2 is 1.85 bits per heavy atom. The summed E-state index contributed by atoms with van der Waals surface area (Å²) < 4.78 is 0. The predicted molar refractivity (Wildman–Crippen MR) is 77.5 cm³/mol. The maximum absolute atomic E-state index is 10.2. The second-order valence-electron chi connectivity index (χ2n) is 4.46. The topological polar surface area (TPSA) is 91.1 Å². The number of aryl methyl sites for hydroxylation is 2. The molecule has 3 N–H and O–H groups in total. The summed E-state index contributed by atoms with van der Waals surface area (Å²) in [5.74, 6) is 0. The summed E-state index contributed by atoms with van der Waals surface area (Å²) in [6.07, 6.45) is 1.22. The Morgan fingerprint density at radius 3 is 2.40 bits per heavy atom. The zero-order valence-corrected chi connectivity index (χ0v) is 11.8. The Kier molecular flexibility index (Phi) is 4.95. The Hall–Kier alpha value is -2.08. The van der Waals surface area contributed by atoms with Crippen LogP contribution >= 0.6 is 11.3 Å². The smallest absolute Gasteiger partial charge is 0.180 e. The third-order valence-electron chi connectivity index (χ3n) is 2.95. The highest BCUT2D eigenvalue weighted by Gasteiger charge is 2.00. The minimum Gasteiger partial charge on any atom is -0.530 e. The molecule has 1 heterocycles. The highest BCUT2D eigenvalue weighted by molar-refractivity contribution is 7.13. The molecule has 0 saturated heterocycles. The van der Waals surface area contributed by atoms with Crippen LogP contribution in [-0.2, 0) is 19.3 Å². The van der Waals surface area contributed by atoms with Crippen molar-refractivity contribution in [3.05, 3.63) is 46.5 Å². The van der Waals surface area contributed by atoms with Crippen LogP contribution in [0.15, 0.2) is 29.6 Å². The first kappa shape index (κ1) is 14.3. The number of benzene rings is 1. The largest absolute Gasteiger partial charge is 0.530 e. The van der Waals surface area contributed by atoms with Gasteiger partial charge in [0.05, 0.1) is 5.69 Å². The lowest BCUT2D eigenvalue weighted by Gasteiger charge is -2.07. The van der Waals surface area contributed by atoms with Gasteiger partial charge in [0.15, 0.2) is 5.13 Å². The van der Waals surface area contributed by atoms with E-state index in [0.29, 0.717) is 18.1 Å². The molecule has 0 radical (unpaired) electrons. The van der Waals surface area contributed by atoms with Crippen molar-refractivity contribution in [2.45, 2.75) is 19.3 Å². The number of carbonyl (C=O) groups is 1. The number of hydrogen-bond donors (Lipinski definition) is 2. The molecule has 106 valence electrons. The first-order valence-corrected chi connectivity index (χ1v) is 7.24. The van der Waals surface area contributed by atoms with E-state index in [1.54, 1.807) is 0 Å². The molecule has 0 unspecified atom stereocenters. The number of anilines is 1. The fourth-order valence-corrected chi connectivity index (χ4v) is 2.49. The normalized spacial score (nSPS) is 10.4. The monoisotopic (exact) mass is 290 g/mol. The van der Waals surface area contributed by atoms with Gasteiger partial charge in [-0.15, -0.1) is 11.3 Å². The van der Waals surface area contributed by atoms with E-state index in [9.17, 15) is 9.90 Å². The fourth-order valence-electron chi connectivity index (χ4n) is 1.89. The number of thiazole rings is 1. The molecule has 2 aromatic rings. The van der Waals surface area contributed by atoms with Gasteiger partial charge < -0.3 is 21.0 Å². The summed E-state index contributed by atoms with van der Waals surface area (Å²) in [4.78, 5) is 14.5. The first-order chi connectivity index (χ1) is 9.63. The van der Waals surface area contributed by atoms with Gasteiger partial charge in [-0.1, -0.05) is 24.3 Å². The quantitative estimate of drug-likeness (QED) is 0.830. The van der Waals surface area contributed by atoms with Gasteiger partial charge in [0, 0.05) is 11.9 Å². The zero-order valence-electron chi connectivity index (χ0n) is 11.0. The Labute approximate surface area is 121 Å². The molecular formula is C14H16N3O2S-. The molecule has 0 spiro atoms. The van der Waals surface area contributed by atoms with Crippen LogP contribution in [0.5, 0.6) is 0 Å². The summed E-state index contributed by atoms with van der Waals surface area (Å²) in [5.41, 5.74) is 8.94. The van der Waals surface area contributed by atoms with Gasteiger partial charge in [-0.3, -0.25) is 0 Å². The molecule has 0 aliphatic heterocycles. The van der Waals surface area contributed by atoms with Gasteiger partial charge in [-0.2, -0.15) is 0 Å². The van der Waals surface area contributed by atoms with Crippen LogP contribution in [0.25, 0.3) is 0 Å². The number of nitrogens with two attached hydrogens (primary N) is 1. The van der Waals surface area contributed by atoms with Crippen LogP contribution in [-0.4, -0.2) is 17.6 Å². The van der Waals surface area contributed by atoms with Crippen molar-refractivity contribution in [3.8, 4) is 0 Å². The molecule has 5 nitrogen and oxygen atoms in total. The van der Waals surface area contributed by atoms with Crippen molar-refractivity contribution in [3.63, 3.8) is 0 Å². The van der Waals surface area contributed by atoms with E-state index in [0.717, 1.165) is 24.1 Å². The minimum atomic E-state index is -1.23. The van der Waals surface area contributed by atoms with Crippen LogP contribution in [0.2, 0.25) is 0 Å². The summed E-state index contributed by atoms with van der Waals surface area (Å²) >= 11 is 1.46. The average molecular weight is 290 g/mol. The van der Waals surface area contributed by atoms with Crippen molar-refractivity contribution in [2.24, 2.45) is 0 Å². The number of aromatic nitrogens is 1. The second-order valence-corrected chi connectivity index (χ2v) is 5.35. The summed E-state index contributed by atoms with van der Waals surface area (Å²) in [5, 5.41) is 15.1. The standard InChI is InChI=1S/C14H17N3O2S/c15-13-17-12(9-20-13)6-5-10-1-3-11(4-2-10)7-8-16-14(18)19/h1-4,9,16H,5-8H2,(H2,15,17)(H,18,19)/p-1. The number of nitrogens with one attached hydrogen (secondary N) is 1. The van der Waals surface area contributed by atoms with E-state index < -0.39 is 6.09 Å². The lowest BCUT2D eigenvalue weighted by atomic mass is 10.0. The Balaban J connectivity index is 1.80. The molecule has 6 heteroatoms. The molecule has 1 aromatic heterocycles. The first-order valence-electron chi connectivity index (χ1n) is 6.36. The van der Waals surface area contributed by atoms with Gasteiger partial charge >= 0.3 is 0 Å². The molecule has 0 saturated carbocycles. The number of carboxylic acid groups (broad SMARTS) is 1. The van der Waals surface area contributed by atoms with Crippen molar-refractivity contribution >= 4 is 22.6 Å². The maximum atomic E-state index is 10.2. The lowest BCUT2D eigenvalue weighted by Crippen LogP contribution is -2.37. The molecular weight excluding hydrogens is 274 g/mol. The zero-order chi connectivity index (χ0) is 14.4. The Morgan fingerprint density at radius 1 is 1.20 bits per heavy atom. The fraction of sp³-hybridized carbons (Fsp3) is 0.286. The molecule has 0 aliphatic carbocycles. The molecule has 2 rings (SSSR count). The van der Waals surface area contributed by atoms with Crippen LogP contribution < -0.4 is 16.2 Å².